The molecular formula is C14H21N3O3. The Hall–Kier alpha value is -1.85. The number of nitrogens with zero attached hydrogens (tertiary/aromatic N) is 3. The Balaban J connectivity index is 1.90. The summed E-state index contributed by atoms with van der Waals surface area (Å²) in [5.41, 5.74) is 0.879. The molecule has 2 rings (SSSR count). The zero-order valence-corrected chi connectivity index (χ0v) is 12.3. The monoisotopic (exact) mass is 279 g/mol. The van der Waals surface area contributed by atoms with Crippen LogP contribution < -0.4 is 0 Å². The normalized spacial score (nSPS) is 18.6. The lowest BCUT2D eigenvalue weighted by molar-refractivity contribution is -0.139. The Morgan fingerprint density at radius 1 is 1.60 bits per heavy atom. The lowest BCUT2D eigenvalue weighted by Crippen LogP contribution is -2.41. The maximum Gasteiger partial charge on any atom is 0.242 e. The minimum atomic E-state index is -0.0819. The molecule has 110 valence electrons. The number of carbonyl (C=O) groups excluding carboxylic acids is 2. The summed E-state index contributed by atoms with van der Waals surface area (Å²) in [5, 5.41) is 3.90. The number of hydrogen-bond donors (Lipinski definition) is 0. The minimum Gasteiger partial charge on any atom is -0.359 e. The van der Waals surface area contributed by atoms with Gasteiger partial charge in [-0.1, -0.05) is 12.1 Å². The SMILES string of the molecule is CCc1cc(CN(C)C(=O)CN2C(=O)CCC2C)on1. The van der Waals surface area contributed by atoms with Crippen molar-refractivity contribution in [1.82, 2.24) is 15.0 Å². The highest BCUT2D eigenvalue weighted by atomic mass is 16.5. The van der Waals surface area contributed by atoms with Crippen molar-refractivity contribution >= 4 is 11.8 Å². The first-order chi connectivity index (χ1) is 9.51. The van der Waals surface area contributed by atoms with Crippen molar-refractivity contribution in [3.63, 3.8) is 0 Å². The van der Waals surface area contributed by atoms with E-state index in [0.717, 1.165) is 18.5 Å². The maximum absolute atomic E-state index is 12.1. The average molecular weight is 279 g/mol. The van der Waals surface area contributed by atoms with E-state index in [-0.39, 0.29) is 24.4 Å². The molecule has 6 nitrogen and oxygen atoms in total. The predicted octanol–water partition coefficient (Wildman–Crippen LogP) is 1.21. The summed E-state index contributed by atoms with van der Waals surface area (Å²) < 4.78 is 5.16. The van der Waals surface area contributed by atoms with Crippen LogP contribution in [0.4, 0.5) is 0 Å². The second-order valence-corrected chi connectivity index (χ2v) is 5.30. The van der Waals surface area contributed by atoms with E-state index in [9.17, 15) is 9.59 Å². The van der Waals surface area contributed by atoms with E-state index in [1.54, 1.807) is 16.8 Å². The Labute approximate surface area is 118 Å². The smallest absolute Gasteiger partial charge is 0.242 e. The van der Waals surface area contributed by atoms with Gasteiger partial charge in [0.15, 0.2) is 5.76 Å². The van der Waals surface area contributed by atoms with Gasteiger partial charge >= 0.3 is 0 Å². The van der Waals surface area contributed by atoms with Crippen LogP contribution in [0.1, 0.15) is 38.1 Å². The number of rotatable bonds is 5. The molecule has 2 amide bonds. The Morgan fingerprint density at radius 2 is 2.35 bits per heavy atom. The van der Waals surface area contributed by atoms with Gasteiger partial charge in [0.1, 0.15) is 0 Å². The molecular weight excluding hydrogens is 258 g/mol. The van der Waals surface area contributed by atoms with Gasteiger partial charge in [0.25, 0.3) is 0 Å². The van der Waals surface area contributed by atoms with Crippen molar-refractivity contribution < 1.29 is 14.1 Å². The summed E-state index contributed by atoms with van der Waals surface area (Å²) in [5.74, 6) is 0.646. The highest BCUT2D eigenvalue weighted by Crippen LogP contribution is 2.18. The van der Waals surface area contributed by atoms with E-state index in [4.69, 9.17) is 4.52 Å². The second-order valence-electron chi connectivity index (χ2n) is 5.30. The molecule has 1 atom stereocenters. The number of aryl methyl sites for hydroxylation is 1. The summed E-state index contributed by atoms with van der Waals surface area (Å²) in [6.07, 6.45) is 2.18. The molecule has 1 aromatic heterocycles. The van der Waals surface area contributed by atoms with E-state index in [1.807, 2.05) is 19.9 Å². The molecule has 0 spiro atoms. The molecule has 6 heteroatoms. The molecule has 0 N–H and O–H groups in total. The van der Waals surface area contributed by atoms with Gasteiger partial charge in [0.05, 0.1) is 18.8 Å². The zero-order valence-electron chi connectivity index (χ0n) is 12.3. The molecule has 1 unspecified atom stereocenters. The number of amides is 2. The predicted molar refractivity (Wildman–Crippen MR) is 72.8 cm³/mol. The van der Waals surface area contributed by atoms with Crippen LogP contribution in [0.25, 0.3) is 0 Å². The van der Waals surface area contributed by atoms with Crippen LogP contribution in [0.3, 0.4) is 0 Å². The van der Waals surface area contributed by atoms with Gasteiger partial charge in [-0.25, -0.2) is 0 Å². The first-order valence-corrected chi connectivity index (χ1v) is 6.99. The second kappa shape index (κ2) is 6.07. The van der Waals surface area contributed by atoms with Crippen molar-refractivity contribution in [3.8, 4) is 0 Å². The lowest BCUT2D eigenvalue weighted by Gasteiger charge is -2.24. The van der Waals surface area contributed by atoms with Crippen LogP contribution in [0.2, 0.25) is 0 Å². The molecule has 2 heterocycles. The van der Waals surface area contributed by atoms with Gasteiger partial charge in [0, 0.05) is 25.6 Å². The van der Waals surface area contributed by atoms with E-state index in [1.165, 1.54) is 0 Å². The molecule has 20 heavy (non-hydrogen) atoms. The molecule has 0 saturated carbocycles. The molecule has 0 radical (unpaired) electrons. The van der Waals surface area contributed by atoms with E-state index >= 15 is 0 Å². The van der Waals surface area contributed by atoms with Crippen LogP contribution >= 0.6 is 0 Å². The third-order valence-corrected chi connectivity index (χ3v) is 3.72. The highest BCUT2D eigenvalue weighted by molar-refractivity contribution is 5.86. The van der Waals surface area contributed by atoms with E-state index < -0.39 is 0 Å². The maximum atomic E-state index is 12.1. The molecule has 1 aromatic rings. The van der Waals surface area contributed by atoms with Crippen molar-refractivity contribution in [2.24, 2.45) is 0 Å². The largest absolute Gasteiger partial charge is 0.359 e. The van der Waals surface area contributed by atoms with E-state index in [2.05, 4.69) is 5.16 Å². The van der Waals surface area contributed by atoms with Crippen LogP contribution in [0, 0.1) is 0 Å². The fourth-order valence-electron chi connectivity index (χ4n) is 2.31. The third kappa shape index (κ3) is 3.18. The van der Waals surface area contributed by atoms with E-state index in [0.29, 0.717) is 18.7 Å². The molecule has 0 bridgehead atoms. The highest BCUT2D eigenvalue weighted by Gasteiger charge is 2.29. The average Bonchev–Trinajstić information content (AvgIpc) is 3.00. The third-order valence-electron chi connectivity index (χ3n) is 3.72. The van der Waals surface area contributed by atoms with Crippen LogP contribution in [0.15, 0.2) is 10.6 Å². The van der Waals surface area contributed by atoms with Gasteiger partial charge in [0.2, 0.25) is 11.8 Å². The summed E-state index contributed by atoms with van der Waals surface area (Å²) in [7, 11) is 1.71. The summed E-state index contributed by atoms with van der Waals surface area (Å²) in [6, 6.07) is 2.00. The van der Waals surface area contributed by atoms with Crippen molar-refractivity contribution in [2.75, 3.05) is 13.6 Å². The standard InChI is InChI=1S/C14H21N3O3/c1-4-11-7-12(20-15-11)8-16(3)14(19)9-17-10(2)5-6-13(17)18/h7,10H,4-6,8-9H2,1-3H3. The number of likely N-dealkylation sites (tertiary alicyclic amines) is 1. The van der Waals surface area contributed by atoms with Gasteiger partial charge in [-0.3, -0.25) is 9.59 Å². The molecule has 1 aliphatic heterocycles. The Bertz CT molecular complexity index is 498. The molecule has 1 aliphatic rings. The molecule has 1 fully saturated rings. The lowest BCUT2D eigenvalue weighted by atomic mass is 10.2. The quantitative estimate of drug-likeness (QED) is 0.812. The Morgan fingerprint density at radius 3 is 2.90 bits per heavy atom. The number of likely N-dealkylation sites (N-methyl/N-ethyl adjacent to an activating group) is 1. The summed E-state index contributed by atoms with van der Waals surface area (Å²) >= 11 is 0. The minimum absolute atomic E-state index is 0.0622. The topological polar surface area (TPSA) is 66.7 Å². The first-order valence-electron chi connectivity index (χ1n) is 6.99. The van der Waals surface area contributed by atoms with Gasteiger partial charge in [-0.05, 0) is 19.8 Å². The van der Waals surface area contributed by atoms with Crippen molar-refractivity contribution in [3.05, 3.63) is 17.5 Å². The zero-order chi connectivity index (χ0) is 14.7. The Kier molecular flexibility index (Phi) is 4.42. The summed E-state index contributed by atoms with van der Waals surface area (Å²) in [6.45, 7) is 4.49. The van der Waals surface area contributed by atoms with Crippen LogP contribution in [-0.2, 0) is 22.6 Å². The first kappa shape index (κ1) is 14.6. The fraction of sp³-hybridized carbons (Fsp3) is 0.643. The fourth-order valence-corrected chi connectivity index (χ4v) is 2.31. The van der Waals surface area contributed by atoms with Crippen LogP contribution in [-0.4, -0.2) is 46.4 Å². The summed E-state index contributed by atoms with van der Waals surface area (Å²) in [4.78, 5) is 27.0. The number of carbonyl (C=O) groups is 2. The van der Waals surface area contributed by atoms with Crippen molar-refractivity contribution in [2.45, 2.75) is 45.7 Å². The number of hydrogen-bond acceptors (Lipinski definition) is 4. The van der Waals surface area contributed by atoms with Gasteiger partial charge < -0.3 is 14.3 Å². The molecule has 0 aliphatic carbocycles. The van der Waals surface area contributed by atoms with Gasteiger partial charge in [-0.2, -0.15) is 0 Å². The van der Waals surface area contributed by atoms with Crippen molar-refractivity contribution in [1.29, 1.82) is 0 Å². The number of aromatic nitrogens is 1. The molecule has 1 saturated heterocycles. The van der Waals surface area contributed by atoms with Gasteiger partial charge in [-0.15, -0.1) is 0 Å². The molecule has 0 aromatic carbocycles. The van der Waals surface area contributed by atoms with Crippen LogP contribution in [0.5, 0.6) is 0 Å².